The minimum atomic E-state index is -2.92. The van der Waals surface area contributed by atoms with Gasteiger partial charge in [0.25, 0.3) is 0 Å². The van der Waals surface area contributed by atoms with Crippen LogP contribution in [0.1, 0.15) is 272 Å². The summed E-state index contributed by atoms with van der Waals surface area (Å²) in [6, 6.07) is 1.13. The van der Waals surface area contributed by atoms with Crippen molar-refractivity contribution in [2.45, 2.75) is 284 Å². The Hall–Kier alpha value is 0.0769. The van der Waals surface area contributed by atoms with Crippen LogP contribution in [0, 0.1) is 0 Å². The van der Waals surface area contributed by atoms with Crippen LogP contribution in [0.4, 0.5) is 0 Å². The van der Waals surface area contributed by atoms with Crippen molar-refractivity contribution in [2.75, 3.05) is 32.6 Å². The van der Waals surface area contributed by atoms with Crippen molar-refractivity contribution in [3.05, 3.63) is 0 Å². The lowest BCUT2D eigenvalue weighted by Gasteiger charge is -2.32. The topological polar surface area (TPSA) is 56.8 Å². The minimum absolute atomic E-state index is 0.316. The first kappa shape index (κ1) is 57.1. The molecule has 0 bridgehead atoms. The summed E-state index contributed by atoms with van der Waals surface area (Å²) in [6.07, 6.45) is 48.7. The smallest absolute Gasteiger partial charge is 0.373 e. The van der Waals surface area contributed by atoms with E-state index in [-0.39, 0.29) is 0 Å². The zero-order valence-corrected chi connectivity index (χ0v) is 41.3. The number of carbonyl (C=O) groups is 1. The van der Waals surface area contributed by atoms with Gasteiger partial charge in [0.15, 0.2) is 5.12 Å². The zero-order valence-electron chi connectivity index (χ0n) is 39.5. The second-order valence-electron chi connectivity index (χ2n) is 17.5. The third-order valence-corrected chi connectivity index (χ3v) is 15.7. The lowest BCUT2D eigenvalue weighted by molar-refractivity contribution is -0.111. The molecule has 0 aliphatic heterocycles. The van der Waals surface area contributed by atoms with E-state index in [4.69, 9.17) is 13.3 Å². The van der Waals surface area contributed by atoms with Gasteiger partial charge in [-0.1, -0.05) is 245 Å². The molecule has 342 valence electrons. The van der Waals surface area contributed by atoms with E-state index in [1.165, 1.54) is 217 Å². The fraction of sp³-hybridized carbons (Fsp3) is 0.980. The molecule has 57 heavy (non-hydrogen) atoms. The third-order valence-electron chi connectivity index (χ3n) is 11.8. The zero-order chi connectivity index (χ0) is 41.6. The van der Waals surface area contributed by atoms with Gasteiger partial charge < -0.3 is 18.6 Å². The van der Waals surface area contributed by atoms with Crippen molar-refractivity contribution < 1.29 is 18.1 Å². The number of likely N-dealkylation sites (N-methyl/N-ethyl adjacent to an activating group) is 1. The van der Waals surface area contributed by atoms with Crippen LogP contribution >= 0.6 is 11.8 Å². The van der Waals surface area contributed by atoms with E-state index in [0.717, 1.165) is 57.1 Å². The summed E-state index contributed by atoms with van der Waals surface area (Å²) in [5.41, 5.74) is 0. The normalized spacial score (nSPS) is 12.5. The van der Waals surface area contributed by atoms with Crippen LogP contribution in [0.15, 0.2) is 0 Å². The van der Waals surface area contributed by atoms with Crippen LogP contribution in [-0.2, 0) is 18.1 Å². The maximum absolute atomic E-state index is 12.7. The number of thioether (sulfide) groups is 1. The van der Waals surface area contributed by atoms with E-state index < -0.39 is 8.80 Å². The SMILES string of the molecule is CCCCCCCCCCCCO[Si](CCCSC(=O)CCCCCCC)(OCCCCCCCCCCCC)OCC(CCCCCCCCCCCC)NC. The third kappa shape index (κ3) is 41.2. The van der Waals surface area contributed by atoms with Crippen LogP contribution in [0.2, 0.25) is 6.04 Å². The van der Waals surface area contributed by atoms with Gasteiger partial charge in [0.05, 0.1) is 6.61 Å². The summed E-state index contributed by atoms with van der Waals surface area (Å²) in [4.78, 5) is 12.7. The first-order chi connectivity index (χ1) is 28.1. The van der Waals surface area contributed by atoms with Crippen molar-refractivity contribution in [2.24, 2.45) is 0 Å². The van der Waals surface area contributed by atoms with Crippen LogP contribution in [0.5, 0.6) is 0 Å². The molecule has 0 aromatic heterocycles. The summed E-state index contributed by atoms with van der Waals surface area (Å²) in [7, 11) is -0.828. The molecule has 0 spiro atoms. The van der Waals surface area contributed by atoms with Gasteiger partial charge in [-0.3, -0.25) is 4.79 Å². The van der Waals surface area contributed by atoms with Gasteiger partial charge >= 0.3 is 8.80 Å². The van der Waals surface area contributed by atoms with Gasteiger partial charge in [0, 0.05) is 37.5 Å². The molecule has 0 fully saturated rings. The standard InChI is InChI=1S/C50H103NO4SSi/c1-6-10-14-18-21-24-27-30-34-37-42-49(51-5)48-55-57(47-41-46-56-50(52)43-38-33-17-13-9-4,53-44-39-35-31-28-25-22-19-15-11-7-2)54-45-40-36-32-29-26-23-20-16-12-8-3/h49,51H,6-48H2,1-5H3. The summed E-state index contributed by atoms with van der Waals surface area (Å²) in [5, 5.41) is 3.93. The van der Waals surface area contributed by atoms with Gasteiger partial charge in [-0.2, -0.15) is 0 Å². The molecule has 0 amide bonds. The molecule has 1 atom stereocenters. The Labute approximate surface area is 364 Å². The van der Waals surface area contributed by atoms with Gasteiger partial charge in [0.1, 0.15) is 0 Å². The summed E-state index contributed by atoms with van der Waals surface area (Å²) in [5.74, 6) is 0.837. The maximum atomic E-state index is 12.7. The number of carbonyl (C=O) groups excluding carboxylic acids is 1. The van der Waals surface area contributed by atoms with Crippen molar-refractivity contribution >= 4 is 25.7 Å². The van der Waals surface area contributed by atoms with Crippen molar-refractivity contribution in [1.29, 1.82) is 0 Å². The Kier molecular flexibility index (Phi) is 47.2. The average Bonchev–Trinajstić information content (AvgIpc) is 3.22. The van der Waals surface area contributed by atoms with Gasteiger partial charge in [-0.25, -0.2) is 0 Å². The molecule has 0 aliphatic carbocycles. The van der Waals surface area contributed by atoms with Crippen molar-refractivity contribution in [3.8, 4) is 0 Å². The quantitative estimate of drug-likeness (QED) is 0.0486. The Morgan fingerprint density at radius 1 is 0.456 bits per heavy atom. The highest BCUT2D eigenvalue weighted by Gasteiger charge is 2.41. The fourth-order valence-electron chi connectivity index (χ4n) is 7.81. The molecule has 0 saturated carbocycles. The highest BCUT2D eigenvalue weighted by molar-refractivity contribution is 8.13. The molecule has 7 heteroatoms. The molecular weight excluding hydrogens is 739 g/mol. The summed E-state index contributed by atoms with van der Waals surface area (Å²) < 4.78 is 20.7. The number of unbranched alkanes of at least 4 members (excludes halogenated alkanes) is 31. The molecule has 0 saturated heterocycles. The first-order valence-electron chi connectivity index (χ1n) is 25.8. The van der Waals surface area contributed by atoms with E-state index in [1.807, 2.05) is 0 Å². The van der Waals surface area contributed by atoms with E-state index >= 15 is 0 Å². The number of hydrogen-bond acceptors (Lipinski definition) is 6. The molecule has 0 radical (unpaired) electrons. The van der Waals surface area contributed by atoms with Crippen molar-refractivity contribution in [1.82, 2.24) is 5.32 Å². The summed E-state index contributed by atoms with van der Waals surface area (Å²) in [6.45, 7) is 11.2. The Morgan fingerprint density at radius 3 is 1.19 bits per heavy atom. The lowest BCUT2D eigenvalue weighted by Crippen LogP contribution is -2.49. The highest BCUT2D eigenvalue weighted by atomic mass is 32.2. The predicted molar refractivity (Wildman–Crippen MR) is 257 cm³/mol. The molecular formula is C50H103NO4SSi. The molecule has 0 aromatic carbocycles. The minimum Gasteiger partial charge on any atom is -0.373 e. The van der Waals surface area contributed by atoms with E-state index in [1.54, 1.807) is 0 Å². The highest BCUT2D eigenvalue weighted by Crippen LogP contribution is 2.24. The molecule has 0 heterocycles. The van der Waals surface area contributed by atoms with E-state index in [9.17, 15) is 4.79 Å². The van der Waals surface area contributed by atoms with Crippen LogP contribution in [0.25, 0.3) is 0 Å². The number of rotatable bonds is 49. The molecule has 0 aromatic rings. The van der Waals surface area contributed by atoms with Crippen LogP contribution in [-0.4, -0.2) is 52.6 Å². The van der Waals surface area contributed by atoms with E-state index in [2.05, 4.69) is 40.1 Å². The molecule has 1 unspecified atom stereocenters. The van der Waals surface area contributed by atoms with Gasteiger partial charge in [0.2, 0.25) is 0 Å². The van der Waals surface area contributed by atoms with Gasteiger partial charge in [-0.05, 0) is 39.2 Å². The monoisotopic (exact) mass is 842 g/mol. The van der Waals surface area contributed by atoms with E-state index in [0.29, 0.717) is 24.2 Å². The fourth-order valence-corrected chi connectivity index (χ4v) is 11.5. The molecule has 0 rings (SSSR count). The predicted octanol–water partition coefficient (Wildman–Crippen LogP) is 16.7. The van der Waals surface area contributed by atoms with Crippen LogP contribution in [0.3, 0.4) is 0 Å². The number of hydrogen-bond donors (Lipinski definition) is 1. The summed E-state index contributed by atoms with van der Waals surface area (Å²) >= 11 is 1.53. The lowest BCUT2D eigenvalue weighted by atomic mass is 10.0. The molecule has 0 aliphatic rings. The number of nitrogens with one attached hydrogen (secondary N) is 1. The van der Waals surface area contributed by atoms with Crippen molar-refractivity contribution in [3.63, 3.8) is 0 Å². The molecule has 1 N–H and O–H groups in total. The first-order valence-corrected chi connectivity index (χ1v) is 28.7. The second-order valence-corrected chi connectivity index (χ2v) is 21.4. The van der Waals surface area contributed by atoms with Crippen LogP contribution < -0.4 is 5.32 Å². The van der Waals surface area contributed by atoms with Gasteiger partial charge in [-0.15, -0.1) is 0 Å². The Balaban J connectivity index is 5.24. The second kappa shape index (κ2) is 47.1. The average molecular weight is 843 g/mol. The maximum Gasteiger partial charge on any atom is 0.501 e. The molecule has 5 nitrogen and oxygen atoms in total. The Bertz CT molecular complexity index is 763. The Morgan fingerprint density at radius 2 is 0.807 bits per heavy atom. The largest absolute Gasteiger partial charge is 0.501 e.